The maximum absolute atomic E-state index is 12.2. The Hall–Kier alpha value is -1.32. The van der Waals surface area contributed by atoms with E-state index in [0.717, 1.165) is 13.0 Å². The van der Waals surface area contributed by atoms with Gasteiger partial charge >= 0.3 is 0 Å². The molecule has 0 aliphatic carbocycles. The third-order valence-corrected chi connectivity index (χ3v) is 3.10. The highest BCUT2D eigenvalue weighted by Crippen LogP contribution is 2.07. The van der Waals surface area contributed by atoms with Crippen molar-refractivity contribution >= 4 is 5.82 Å². The molecule has 1 heterocycles. The van der Waals surface area contributed by atoms with Crippen LogP contribution in [0, 0.1) is 5.92 Å². The molecule has 0 saturated carbocycles. The van der Waals surface area contributed by atoms with Crippen molar-refractivity contribution in [3.05, 3.63) is 22.7 Å². The zero-order valence-electron chi connectivity index (χ0n) is 12.6. The molecule has 0 fully saturated rings. The lowest BCUT2D eigenvalue weighted by Crippen LogP contribution is -2.28. The Morgan fingerprint density at radius 3 is 2.68 bits per heavy atom. The molecule has 1 N–H and O–H groups in total. The second-order valence-corrected chi connectivity index (χ2v) is 5.67. The number of anilines is 1. The normalized spacial score (nSPS) is 12.7. The van der Waals surface area contributed by atoms with Gasteiger partial charge in [-0.15, -0.1) is 0 Å². The van der Waals surface area contributed by atoms with Gasteiger partial charge < -0.3 is 9.88 Å². The maximum atomic E-state index is 12.2. The van der Waals surface area contributed by atoms with Crippen LogP contribution >= 0.6 is 0 Å². The molecular formula is C15H27N3O. The lowest BCUT2D eigenvalue weighted by Gasteiger charge is -2.15. The highest BCUT2D eigenvalue weighted by molar-refractivity contribution is 5.31. The van der Waals surface area contributed by atoms with Crippen LogP contribution in [-0.2, 0) is 6.54 Å². The molecule has 0 amide bonds. The van der Waals surface area contributed by atoms with E-state index in [2.05, 4.69) is 38.0 Å². The van der Waals surface area contributed by atoms with Gasteiger partial charge in [-0.1, -0.05) is 40.0 Å². The van der Waals surface area contributed by atoms with Crippen molar-refractivity contribution in [2.75, 3.05) is 5.32 Å². The summed E-state index contributed by atoms with van der Waals surface area (Å²) in [7, 11) is 0. The van der Waals surface area contributed by atoms with Crippen LogP contribution in [0.15, 0.2) is 17.2 Å². The maximum Gasteiger partial charge on any atom is 0.293 e. The van der Waals surface area contributed by atoms with E-state index in [-0.39, 0.29) is 5.56 Å². The number of nitrogens with one attached hydrogen (secondary N) is 1. The van der Waals surface area contributed by atoms with Gasteiger partial charge in [0.2, 0.25) is 0 Å². The number of unbranched alkanes of at least 4 members (excludes halogenated alkanes) is 2. The molecule has 0 radical (unpaired) electrons. The van der Waals surface area contributed by atoms with Crippen LogP contribution < -0.4 is 10.9 Å². The zero-order chi connectivity index (χ0) is 14.3. The van der Waals surface area contributed by atoms with Crippen molar-refractivity contribution in [2.24, 2.45) is 5.92 Å². The SMILES string of the molecule is CCCCCC(C)Nc1nccn(CC(C)C)c1=O. The number of nitrogens with zero attached hydrogens (tertiary/aromatic N) is 2. The van der Waals surface area contributed by atoms with E-state index in [1.54, 1.807) is 17.0 Å². The van der Waals surface area contributed by atoms with Gasteiger partial charge in [0.05, 0.1) is 0 Å². The summed E-state index contributed by atoms with van der Waals surface area (Å²) in [4.78, 5) is 16.4. The van der Waals surface area contributed by atoms with Gasteiger partial charge in [-0.3, -0.25) is 4.79 Å². The zero-order valence-corrected chi connectivity index (χ0v) is 12.6. The van der Waals surface area contributed by atoms with Crippen LogP contribution in [-0.4, -0.2) is 15.6 Å². The highest BCUT2D eigenvalue weighted by atomic mass is 16.1. The van der Waals surface area contributed by atoms with E-state index >= 15 is 0 Å². The fourth-order valence-electron chi connectivity index (χ4n) is 2.09. The Morgan fingerprint density at radius 1 is 1.32 bits per heavy atom. The van der Waals surface area contributed by atoms with Crippen molar-refractivity contribution in [2.45, 2.75) is 66.0 Å². The van der Waals surface area contributed by atoms with E-state index in [0.29, 0.717) is 17.8 Å². The molecule has 4 nitrogen and oxygen atoms in total. The van der Waals surface area contributed by atoms with Crippen LogP contribution in [0.1, 0.15) is 53.4 Å². The van der Waals surface area contributed by atoms with Gasteiger partial charge in [-0.25, -0.2) is 4.98 Å². The number of hydrogen-bond acceptors (Lipinski definition) is 3. The first-order valence-corrected chi connectivity index (χ1v) is 7.36. The predicted octanol–water partition coefficient (Wildman–Crippen LogP) is 3.28. The third-order valence-electron chi connectivity index (χ3n) is 3.10. The number of rotatable bonds is 8. The van der Waals surface area contributed by atoms with Gasteiger partial charge in [-0.2, -0.15) is 0 Å². The first-order valence-electron chi connectivity index (χ1n) is 7.36. The van der Waals surface area contributed by atoms with Crippen molar-refractivity contribution in [3.63, 3.8) is 0 Å². The van der Waals surface area contributed by atoms with Gasteiger partial charge in [-0.05, 0) is 19.3 Å². The van der Waals surface area contributed by atoms with E-state index < -0.39 is 0 Å². The highest BCUT2D eigenvalue weighted by Gasteiger charge is 2.09. The minimum absolute atomic E-state index is 0.0152. The second-order valence-electron chi connectivity index (χ2n) is 5.67. The van der Waals surface area contributed by atoms with Crippen LogP contribution in [0.5, 0.6) is 0 Å². The van der Waals surface area contributed by atoms with Crippen LogP contribution in [0.25, 0.3) is 0 Å². The largest absolute Gasteiger partial charge is 0.363 e. The lowest BCUT2D eigenvalue weighted by molar-refractivity contribution is 0.509. The summed E-state index contributed by atoms with van der Waals surface area (Å²) in [6.45, 7) is 9.25. The van der Waals surface area contributed by atoms with Crippen LogP contribution in [0.2, 0.25) is 0 Å². The monoisotopic (exact) mass is 265 g/mol. The Bertz CT molecular complexity index is 426. The Morgan fingerprint density at radius 2 is 2.05 bits per heavy atom. The second kappa shape index (κ2) is 7.97. The van der Waals surface area contributed by atoms with Gasteiger partial charge in [0, 0.05) is 25.0 Å². The molecule has 1 atom stereocenters. The quantitative estimate of drug-likeness (QED) is 0.734. The molecule has 0 spiro atoms. The molecule has 0 bridgehead atoms. The average Bonchev–Trinajstić information content (AvgIpc) is 2.34. The molecule has 0 aliphatic rings. The fourth-order valence-corrected chi connectivity index (χ4v) is 2.09. The molecule has 1 unspecified atom stereocenters. The molecule has 1 rings (SSSR count). The molecule has 4 heteroatoms. The Balaban J connectivity index is 2.65. The molecule has 1 aromatic rings. The molecule has 1 aromatic heterocycles. The van der Waals surface area contributed by atoms with E-state index in [4.69, 9.17) is 0 Å². The lowest BCUT2D eigenvalue weighted by atomic mass is 10.1. The van der Waals surface area contributed by atoms with Crippen molar-refractivity contribution in [3.8, 4) is 0 Å². The topological polar surface area (TPSA) is 46.9 Å². The molecule has 19 heavy (non-hydrogen) atoms. The Labute approximate surface area is 116 Å². The Kier molecular flexibility index (Phi) is 6.60. The summed E-state index contributed by atoms with van der Waals surface area (Å²) in [5.74, 6) is 0.932. The van der Waals surface area contributed by atoms with Crippen molar-refractivity contribution < 1.29 is 0 Å². The van der Waals surface area contributed by atoms with Crippen molar-refractivity contribution in [1.82, 2.24) is 9.55 Å². The molecule has 0 saturated heterocycles. The van der Waals surface area contributed by atoms with Gasteiger partial charge in [0.1, 0.15) is 0 Å². The third kappa shape index (κ3) is 5.45. The standard InChI is InChI=1S/C15H27N3O/c1-5-6-7-8-13(4)17-14-15(19)18(10-9-16-14)11-12(2)3/h9-10,12-13H,5-8,11H2,1-4H3,(H,16,17). The van der Waals surface area contributed by atoms with Crippen LogP contribution in [0.4, 0.5) is 5.82 Å². The molecule has 108 valence electrons. The van der Waals surface area contributed by atoms with E-state index in [1.807, 2.05) is 0 Å². The number of hydrogen-bond donors (Lipinski definition) is 1. The fraction of sp³-hybridized carbons (Fsp3) is 0.733. The molecule has 0 aliphatic heterocycles. The van der Waals surface area contributed by atoms with Crippen LogP contribution in [0.3, 0.4) is 0 Å². The predicted molar refractivity (Wildman–Crippen MR) is 80.6 cm³/mol. The van der Waals surface area contributed by atoms with Gasteiger partial charge in [0.25, 0.3) is 5.56 Å². The summed E-state index contributed by atoms with van der Waals surface area (Å²) in [6.07, 6.45) is 8.19. The summed E-state index contributed by atoms with van der Waals surface area (Å²) in [5, 5.41) is 3.24. The molecule has 0 aromatic carbocycles. The van der Waals surface area contributed by atoms with E-state index in [1.165, 1.54) is 19.3 Å². The molecular weight excluding hydrogens is 238 g/mol. The first-order chi connectivity index (χ1) is 9.04. The summed E-state index contributed by atoms with van der Waals surface area (Å²) in [6, 6.07) is 0.293. The summed E-state index contributed by atoms with van der Waals surface area (Å²) in [5.41, 5.74) is -0.0152. The minimum Gasteiger partial charge on any atom is -0.363 e. The summed E-state index contributed by atoms with van der Waals surface area (Å²) < 4.78 is 1.73. The minimum atomic E-state index is -0.0152. The average molecular weight is 265 g/mol. The van der Waals surface area contributed by atoms with Gasteiger partial charge in [0.15, 0.2) is 5.82 Å². The first kappa shape index (κ1) is 15.7. The van der Waals surface area contributed by atoms with E-state index in [9.17, 15) is 4.79 Å². The summed E-state index contributed by atoms with van der Waals surface area (Å²) >= 11 is 0. The van der Waals surface area contributed by atoms with Crippen molar-refractivity contribution in [1.29, 1.82) is 0 Å². The smallest absolute Gasteiger partial charge is 0.293 e. The number of aromatic nitrogens is 2.